The smallest absolute Gasteiger partial charge is 0.170 e. The van der Waals surface area contributed by atoms with Crippen LogP contribution in [0, 0.1) is 0 Å². The summed E-state index contributed by atoms with van der Waals surface area (Å²) >= 11 is 0. The second-order valence-electron chi connectivity index (χ2n) is 7.83. The van der Waals surface area contributed by atoms with Gasteiger partial charge in [-0.25, -0.2) is 4.98 Å². The maximum atomic E-state index is 9.13. The number of allylic oxidation sites excluding steroid dienone is 3. The fraction of sp³-hybridized carbons (Fsp3) is 0.400. The van der Waals surface area contributed by atoms with Crippen molar-refractivity contribution in [3.63, 3.8) is 0 Å². The number of aliphatic hydroxyl groups is 1. The van der Waals surface area contributed by atoms with Gasteiger partial charge in [-0.3, -0.25) is 0 Å². The maximum absolute atomic E-state index is 9.13. The first-order valence-corrected chi connectivity index (χ1v) is 11.0. The van der Waals surface area contributed by atoms with E-state index in [4.69, 9.17) is 19.6 Å². The Labute approximate surface area is 188 Å². The summed E-state index contributed by atoms with van der Waals surface area (Å²) in [6.07, 6.45) is 4.91. The third-order valence-corrected chi connectivity index (χ3v) is 5.68. The number of nitrogens with one attached hydrogen (secondary N) is 2. The Morgan fingerprint density at radius 2 is 2.12 bits per heavy atom. The van der Waals surface area contributed by atoms with Gasteiger partial charge in [-0.15, -0.1) is 0 Å². The molecule has 7 nitrogen and oxygen atoms in total. The van der Waals surface area contributed by atoms with Gasteiger partial charge in [0.15, 0.2) is 5.76 Å². The van der Waals surface area contributed by atoms with Crippen molar-refractivity contribution in [2.45, 2.75) is 12.5 Å². The van der Waals surface area contributed by atoms with Crippen LogP contribution in [0.4, 0.5) is 5.69 Å². The number of benzene rings is 1. The van der Waals surface area contributed by atoms with E-state index in [1.165, 1.54) is 0 Å². The molecule has 1 aliphatic carbocycles. The summed E-state index contributed by atoms with van der Waals surface area (Å²) in [6, 6.07) is 8.51. The van der Waals surface area contributed by atoms with Crippen LogP contribution in [0.1, 0.15) is 12.1 Å². The number of hydrogen-bond donors (Lipinski definition) is 3. The van der Waals surface area contributed by atoms with Crippen molar-refractivity contribution >= 4 is 22.2 Å². The minimum Gasteiger partial charge on any atom is -0.497 e. The Morgan fingerprint density at radius 3 is 2.88 bits per heavy atom. The van der Waals surface area contributed by atoms with E-state index >= 15 is 0 Å². The Kier molecular flexibility index (Phi) is 7.28. The fourth-order valence-electron chi connectivity index (χ4n) is 4.00. The third kappa shape index (κ3) is 5.05. The van der Waals surface area contributed by atoms with Crippen molar-refractivity contribution in [1.29, 1.82) is 0 Å². The lowest BCUT2D eigenvalue weighted by Crippen LogP contribution is -2.34. The van der Waals surface area contributed by atoms with Gasteiger partial charge in [-0.2, -0.15) is 0 Å². The van der Waals surface area contributed by atoms with Crippen LogP contribution in [0.2, 0.25) is 0 Å². The second kappa shape index (κ2) is 10.5. The minimum atomic E-state index is 0.152. The monoisotopic (exact) mass is 434 g/mol. The lowest BCUT2D eigenvalue weighted by atomic mass is 10.1. The van der Waals surface area contributed by atoms with Gasteiger partial charge in [-0.1, -0.05) is 5.73 Å². The SMILES string of the molecule is CNCCOC1=C=C=C(c2cc(N3CCC(NCCO)C3)c3ccc(OC)cc3n2)C=C1. The molecule has 1 aromatic carbocycles. The van der Waals surface area contributed by atoms with Gasteiger partial charge in [0, 0.05) is 49.4 Å². The van der Waals surface area contributed by atoms with Crippen LogP contribution < -0.4 is 20.3 Å². The molecule has 1 saturated heterocycles. The molecule has 7 heteroatoms. The topological polar surface area (TPSA) is 78.9 Å². The van der Waals surface area contributed by atoms with Crippen LogP contribution in [0.5, 0.6) is 5.75 Å². The lowest BCUT2D eigenvalue weighted by molar-refractivity contribution is 0.228. The van der Waals surface area contributed by atoms with E-state index in [1.807, 2.05) is 31.3 Å². The number of aromatic nitrogens is 1. The highest BCUT2D eigenvalue weighted by Crippen LogP contribution is 2.33. The summed E-state index contributed by atoms with van der Waals surface area (Å²) in [5.41, 5.74) is 10.0. The van der Waals surface area contributed by atoms with E-state index in [9.17, 15) is 0 Å². The Balaban J connectivity index is 1.70. The molecule has 3 N–H and O–H groups in total. The highest BCUT2D eigenvalue weighted by molar-refractivity contribution is 5.95. The van der Waals surface area contributed by atoms with E-state index in [0.717, 1.165) is 59.7 Å². The number of anilines is 1. The van der Waals surface area contributed by atoms with Crippen molar-refractivity contribution < 1.29 is 14.6 Å². The molecular formula is C25H30N4O3. The maximum Gasteiger partial charge on any atom is 0.170 e. The number of likely N-dealkylation sites (N-methyl/N-ethyl adjacent to an activating group) is 1. The molecule has 0 radical (unpaired) electrons. The van der Waals surface area contributed by atoms with E-state index in [0.29, 0.717) is 25.0 Å². The van der Waals surface area contributed by atoms with E-state index in [1.54, 1.807) is 7.11 Å². The van der Waals surface area contributed by atoms with Gasteiger partial charge < -0.3 is 30.1 Å². The van der Waals surface area contributed by atoms with Gasteiger partial charge in [0.1, 0.15) is 12.4 Å². The summed E-state index contributed by atoms with van der Waals surface area (Å²) in [5.74, 6) is 1.45. The van der Waals surface area contributed by atoms with E-state index in [2.05, 4.69) is 39.1 Å². The Morgan fingerprint density at radius 1 is 1.22 bits per heavy atom. The summed E-state index contributed by atoms with van der Waals surface area (Å²) < 4.78 is 11.1. The first kappa shape index (κ1) is 22.2. The Hall–Kier alpha value is -3.05. The van der Waals surface area contributed by atoms with Crippen molar-refractivity contribution in [3.05, 3.63) is 59.3 Å². The van der Waals surface area contributed by atoms with Gasteiger partial charge in [0.25, 0.3) is 0 Å². The molecule has 0 saturated carbocycles. The quantitative estimate of drug-likeness (QED) is 0.391. The zero-order chi connectivity index (χ0) is 22.3. The van der Waals surface area contributed by atoms with Crippen LogP contribution in [0.3, 0.4) is 0 Å². The van der Waals surface area contributed by atoms with Crippen molar-refractivity contribution in [1.82, 2.24) is 15.6 Å². The van der Waals surface area contributed by atoms with Crippen molar-refractivity contribution in [3.8, 4) is 5.75 Å². The number of aliphatic hydroxyl groups excluding tert-OH is 1. The van der Waals surface area contributed by atoms with Gasteiger partial charge >= 0.3 is 0 Å². The van der Waals surface area contributed by atoms with E-state index < -0.39 is 0 Å². The molecule has 1 unspecified atom stereocenters. The molecule has 32 heavy (non-hydrogen) atoms. The van der Waals surface area contributed by atoms with Gasteiger partial charge in [-0.05, 0) is 49.6 Å². The summed E-state index contributed by atoms with van der Waals surface area (Å²) in [7, 11) is 3.56. The zero-order valence-corrected chi connectivity index (χ0v) is 18.6. The normalized spacial score (nSPS) is 17.6. The molecule has 0 spiro atoms. The molecule has 1 atom stereocenters. The average Bonchev–Trinajstić information content (AvgIpc) is 3.31. The van der Waals surface area contributed by atoms with Crippen LogP contribution in [0.25, 0.3) is 16.5 Å². The number of methoxy groups -OCH3 is 1. The fourth-order valence-corrected chi connectivity index (χ4v) is 4.00. The van der Waals surface area contributed by atoms with E-state index in [-0.39, 0.29) is 6.61 Å². The number of pyridine rings is 1. The van der Waals surface area contributed by atoms with Gasteiger partial charge in [0.2, 0.25) is 0 Å². The average molecular weight is 435 g/mol. The van der Waals surface area contributed by atoms with Crippen LogP contribution >= 0.6 is 0 Å². The highest BCUT2D eigenvalue weighted by atomic mass is 16.5. The third-order valence-electron chi connectivity index (χ3n) is 5.68. The molecule has 1 aromatic heterocycles. The highest BCUT2D eigenvalue weighted by Gasteiger charge is 2.24. The van der Waals surface area contributed by atoms with Crippen LogP contribution in [0.15, 0.2) is 53.6 Å². The standard InChI is InChI=1S/C25H30N4O3/c1-26-11-14-32-20-5-3-18(4-6-20)23-16-25(29-12-9-19(17-29)27-10-13-30)22-8-7-21(31-2)15-24(22)28-23/h3,5,7-8,15-16,19,26-27,30H,9-14,17H2,1-2H3. The summed E-state index contributed by atoms with van der Waals surface area (Å²) in [6.45, 7) is 3.96. The van der Waals surface area contributed by atoms with Gasteiger partial charge in [0.05, 0.1) is 30.5 Å². The molecule has 0 bridgehead atoms. The molecule has 0 amide bonds. The number of ether oxygens (including phenoxy) is 2. The molecule has 1 aliphatic heterocycles. The molecule has 2 aromatic rings. The number of fused-ring (bicyclic) bond motifs is 1. The predicted octanol–water partition coefficient (Wildman–Crippen LogP) is 2.23. The van der Waals surface area contributed by atoms with Crippen LogP contribution in [-0.4, -0.2) is 69.7 Å². The second-order valence-corrected chi connectivity index (χ2v) is 7.83. The molecule has 4 rings (SSSR count). The molecule has 2 heterocycles. The number of rotatable bonds is 10. The Bertz CT molecular complexity index is 1100. The molecule has 2 aliphatic rings. The number of hydrogen-bond acceptors (Lipinski definition) is 7. The van der Waals surface area contributed by atoms with Crippen molar-refractivity contribution in [2.24, 2.45) is 0 Å². The predicted molar refractivity (Wildman–Crippen MR) is 127 cm³/mol. The summed E-state index contributed by atoms with van der Waals surface area (Å²) in [4.78, 5) is 7.29. The zero-order valence-electron chi connectivity index (χ0n) is 18.6. The first-order chi connectivity index (χ1) is 15.7. The van der Waals surface area contributed by atoms with Crippen LogP contribution in [-0.2, 0) is 4.74 Å². The largest absolute Gasteiger partial charge is 0.497 e. The summed E-state index contributed by atoms with van der Waals surface area (Å²) in [5, 5.41) is 16.7. The molecular weight excluding hydrogens is 404 g/mol. The minimum absolute atomic E-state index is 0.152. The molecule has 168 valence electrons. The molecule has 1 fully saturated rings. The lowest BCUT2D eigenvalue weighted by Gasteiger charge is -2.22. The van der Waals surface area contributed by atoms with Crippen molar-refractivity contribution in [2.75, 3.05) is 58.5 Å². The first-order valence-electron chi connectivity index (χ1n) is 11.0. The number of nitrogens with zero attached hydrogens (tertiary/aromatic N) is 2.